The van der Waals surface area contributed by atoms with E-state index in [1.54, 1.807) is 48.2 Å². The quantitative estimate of drug-likeness (QED) is 0.343. The lowest BCUT2D eigenvalue weighted by Gasteiger charge is -2.18. The number of benzene rings is 2. The van der Waals surface area contributed by atoms with Crippen LogP contribution in [0.5, 0.6) is 17.2 Å². The van der Waals surface area contributed by atoms with Crippen LogP contribution in [0.3, 0.4) is 0 Å². The van der Waals surface area contributed by atoms with Gasteiger partial charge in [-0.3, -0.25) is 9.59 Å². The maximum atomic E-state index is 12.7. The van der Waals surface area contributed by atoms with E-state index in [4.69, 9.17) is 19.9 Å². The smallest absolute Gasteiger partial charge is 0.255 e. The molecule has 0 aliphatic carbocycles. The molecule has 5 N–H and O–H groups in total. The molecule has 0 aromatic heterocycles. The van der Waals surface area contributed by atoms with Crippen LogP contribution in [0.4, 0.5) is 11.4 Å². The Balaban J connectivity index is 2.01. The third-order valence-corrected chi connectivity index (χ3v) is 5.74. The second kappa shape index (κ2) is 12.9. The molecule has 2 aromatic rings. The van der Waals surface area contributed by atoms with Gasteiger partial charge < -0.3 is 35.7 Å². The van der Waals surface area contributed by atoms with Crippen molar-refractivity contribution in [3.63, 3.8) is 0 Å². The van der Waals surface area contributed by atoms with Crippen LogP contribution in [-0.2, 0) is 4.79 Å². The summed E-state index contributed by atoms with van der Waals surface area (Å²) in [7, 11) is 4.43. The molecule has 0 radical (unpaired) electrons. The highest BCUT2D eigenvalue weighted by Gasteiger charge is 2.23. The minimum absolute atomic E-state index is 0.320. The van der Waals surface area contributed by atoms with Gasteiger partial charge >= 0.3 is 0 Å². The summed E-state index contributed by atoms with van der Waals surface area (Å²) in [4.78, 5) is 25.0. The first-order valence-corrected chi connectivity index (χ1v) is 11.5. The van der Waals surface area contributed by atoms with Crippen molar-refractivity contribution in [3.05, 3.63) is 42.0 Å². The number of anilines is 2. The maximum Gasteiger partial charge on any atom is 0.255 e. The van der Waals surface area contributed by atoms with E-state index in [2.05, 4.69) is 10.6 Å². The molecule has 10 heteroatoms. The van der Waals surface area contributed by atoms with E-state index in [0.717, 1.165) is 11.5 Å². The van der Waals surface area contributed by atoms with Crippen LogP contribution in [0, 0.1) is 0 Å². The Kier molecular flexibility index (Phi) is 10.3. The number of amides is 2. The number of rotatable bonds is 12. The van der Waals surface area contributed by atoms with Gasteiger partial charge in [0.1, 0.15) is 6.10 Å². The first kappa shape index (κ1) is 26.3. The number of carbonyl (C=O) groups is 2. The standard InChI is InChI=1S/C23H31N3O6S/c1-5-33-11-10-17(24)20(27)23(29)26-16-8-6-15(7-9-16)25-22(28)14-12-18(30-2)21(32-4)19(13-14)31-3/h6-9,12-13,17,20,27H,5,10-11,24H2,1-4H3,(H,25,28)(H,26,29)/t17-,20+/m1/s1. The molecule has 33 heavy (non-hydrogen) atoms. The first-order valence-electron chi connectivity index (χ1n) is 10.4. The summed E-state index contributed by atoms with van der Waals surface area (Å²) < 4.78 is 15.8. The molecule has 2 atom stereocenters. The van der Waals surface area contributed by atoms with Crippen LogP contribution in [0.1, 0.15) is 23.7 Å². The third kappa shape index (κ3) is 7.28. The summed E-state index contributed by atoms with van der Waals surface area (Å²) in [5.74, 6) is 1.91. The zero-order valence-electron chi connectivity index (χ0n) is 19.2. The van der Waals surface area contributed by atoms with Crippen molar-refractivity contribution in [1.82, 2.24) is 0 Å². The predicted molar refractivity (Wildman–Crippen MR) is 131 cm³/mol. The molecule has 0 unspecified atom stereocenters. The van der Waals surface area contributed by atoms with E-state index >= 15 is 0 Å². The van der Waals surface area contributed by atoms with E-state index in [0.29, 0.717) is 40.6 Å². The van der Waals surface area contributed by atoms with E-state index in [1.807, 2.05) is 6.92 Å². The van der Waals surface area contributed by atoms with Gasteiger partial charge in [-0.2, -0.15) is 11.8 Å². The van der Waals surface area contributed by atoms with Crippen LogP contribution in [0.25, 0.3) is 0 Å². The lowest BCUT2D eigenvalue weighted by molar-refractivity contribution is -0.124. The Morgan fingerprint density at radius 1 is 1.00 bits per heavy atom. The van der Waals surface area contributed by atoms with Gasteiger partial charge in [0.15, 0.2) is 11.5 Å². The molecule has 0 bridgehead atoms. The number of nitrogens with one attached hydrogen (secondary N) is 2. The minimum Gasteiger partial charge on any atom is -0.493 e. The lowest BCUT2D eigenvalue weighted by Crippen LogP contribution is -2.43. The van der Waals surface area contributed by atoms with Gasteiger partial charge in [-0.1, -0.05) is 6.92 Å². The number of aliphatic hydroxyl groups is 1. The topological polar surface area (TPSA) is 132 Å². The van der Waals surface area contributed by atoms with Crippen LogP contribution >= 0.6 is 11.8 Å². The summed E-state index contributed by atoms with van der Waals surface area (Å²) >= 11 is 1.70. The van der Waals surface area contributed by atoms with Gasteiger partial charge in [-0.15, -0.1) is 0 Å². The number of carbonyl (C=O) groups excluding carboxylic acids is 2. The van der Waals surface area contributed by atoms with E-state index in [9.17, 15) is 14.7 Å². The van der Waals surface area contributed by atoms with E-state index in [-0.39, 0.29) is 5.91 Å². The van der Waals surface area contributed by atoms with Crippen molar-refractivity contribution < 1.29 is 28.9 Å². The largest absolute Gasteiger partial charge is 0.493 e. The number of methoxy groups -OCH3 is 3. The Morgan fingerprint density at radius 3 is 2.03 bits per heavy atom. The highest BCUT2D eigenvalue weighted by atomic mass is 32.2. The molecule has 0 aliphatic rings. The molecule has 0 aliphatic heterocycles. The van der Waals surface area contributed by atoms with Gasteiger partial charge in [-0.25, -0.2) is 0 Å². The van der Waals surface area contributed by atoms with Crippen LogP contribution in [0.2, 0.25) is 0 Å². The Labute approximate surface area is 198 Å². The monoisotopic (exact) mass is 477 g/mol. The molecule has 0 spiro atoms. The fourth-order valence-electron chi connectivity index (χ4n) is 2.98. The molecule has 0 heterocycles. The normalized spacial score (nSPS) is 12.4. The van der Waals surface area contributed by atoms with Crippen LogP contribution in [0.15, 0.2) is 36.4 Å². The molecule has 180 valence electrons. The Hall–Kier alpha value is -2.95. The first-order chi connectivity index (χ1) is 15.8. The lowest BCUT2D eigenvalue weighted by atomic mass is 10.1. The van der Waals surface area contributed by atoms with Gasteiger partial charge in [0, 0.05) is 23.0 Å². The summed E-state index contributed by atoms with van der Waals surface area (Å²) in [5, 5.41) is 15.5. The summed E-state index contributed by atoms with van der Waals surface area (Å²) in [5.41, 5.74) is 7.22. The number of thioether (sulfide) groups is 1. The molecule has 2 aromatic carbocycles. The average Bonchev–Trinajstić information content (AvgIpc) is 2.83. The van der Waals surface area contributed by atoms with Gasteiger partial charge in [0.05, 0.1) is 21.3 Å². The van der Waals surface area contributed by atoms with Crippen LogP contribution in [-0.4, -0.2) is 61.9 Å². The summed E-state index contributed by atoms with van der Waals surface area (Å²) in [6.45, 7) is 2.04. The fourth-order valence-corrected chi connectivity index (χ4v) is 3.71. The van der Waals surface area contributed by atoms with Crippen molar-refractivity contribution >= 4 is 35.0 Å². The Bertz CT molecular complexity index is 913. The zero-order chi connectivity index (χ0) is 24.4. The molecule has 0 saturated carbocycles. The van der Waals surface area contributed by atoms with Gasteiger partial charge in [-0.05, 0) is 54.3 Å². The van der Waals surface area contributed by atoms with Crippen molar-refractivity contribution in [2.75, 3.05) is 43.5 Å². The van der Waals surface area contributed by atoms with E-state index in [1.165, 1.54) is 21.3 Å². The van der Waals surface area contributed by atoms with Crippen molar-refractivity contribution in [1.29, 1.82) is 0 Å². The summed E-state index contributed by atoms with van der Waals surface area (Å²) in [6.07, 6.45) is -0.763. The summed E-state index contributed by atoms with van der Waals surface area (Å²) in [6, 6.07) is 8.97. The van der Waals surface area contributed by atoms with Crippen molar-refractivity contribution in [2.24, 2.45) is 5.73 Å². The van der Waals surface area contributed by atoms with Crippen molar-refractivity contribution in [3.8, 4) is 17.2 Å². The average molecular weight is 478 g/mol. The molecule has 2 amide bonds. The zero-order valence-corrected chi connectivity index (χ0v) is 20.0. The highest BCUT2D eigenvalue weighted by Crippen LogP contribution is 2.38. The predicted octanol–water partition coefficient (Wildman–Crippen LogP) is 2.73. The van der Waals surface area contributed by atoms with E-state index < -0.39 is 18.1 Å². The molecule has 0 fully saturated rings. The number of hydrogen-bond acceptors (Lipinski definition) is 8. The highest BCUT2D eigenvalue weighted by molar-refractivity contribution is 7.99. The molecule has 0 saturated heterocycles. The fraction of sp³-hybridized carbons (Fsp3) is 0.391. The van der Waals surface area contributed by atoms with Gasteiger partial charge in [0.2, 0.25) is 5.75 Å². The van der Waals surface area contributed by atoms with Crippen molar-refractivity contribution in [2.45, 2.75) is 25.5 Å². The van der Waals surface area contributed by atoms with Gasteiger partial charge in [0.25, 0.3) is 11.8 Å². The minimum atomic E-state index is -1.30. The SMILES string of the molecule is CCSCC[C@@H](N)[C@H](O)C(=O)Nc1ccc(NC(=O)c2cc(OC)c(OC)c(OC)c2)cc1. The second-order valence-corrected chi connectivity index (χ2v) is 8.42. The molecule has 9 nitrogen and oxygen atoms in total. The molecule has 2 rings (SSSR count). The molecular formula is C23H31N3O6S. The number of aliphatic hydroxyl groups excluding tert-OH is 1. The number of nitrogens with two attached hydrogens (primary N) is 1. The Morgan fingerprint density at radius 2 is 1.55 bits per heavy atom. The second-order valence-electron chi connectivity index (χ2n) is 7.03. The van der Waals surface area contributed by atoms with Crippen LogP contribution < -0.4 is 30.6 Å². The third-order valence-electron chi connectivity index (χ3n) is 4.81. The number of hydrogen-bond donors (Lipinski definition) is 4. The maximum absolute atomic E-state index is 12.7. The molecular weight excluding hydrogens is 446 g/mol. The number of ether oxygens (including phenoxy) is 3.